The molecule has 1 amide bonds. The van der Waals surface area contributed by atoms with Crippen LogP contribution in [0.4, 0.5) is 5.69 Å². The van der Waals surface area contributed by atoms with Gasteiger partial charge in [0.05, 0.1) is 5.52 Å². The molecule has 0 aliphatic rings. The molecule has 0 spiro atoms. The van der Waals surface area contributed by atoms with Gasteiger partial charge in [0, 0.05) is 19.9 Å². The van der Waals surface area contributed by atoms with E-state index in [1.54, 1.807) is 12.1 Å². The summed E-state index contributed by atoms with van der Waals surface area (Å²) in [6.07, 6.45) is 0. The third kappa shape index (κ3) is 3.14. The molecule has 0 unspecified atom stereocenters. The number of benzene rings is 2. The predicted molar refractivity (Wildman–Crippen MR) is 100 cm³/mol. The molecule has 0 aliphatic heterocycles. The highest BCUT2D eigenvalue weighted by Gasteiger charge is 2.13. The van der Waals surface area contributed by atoms with Gasteiger partial charge in [0.25, 0.3) is 5.91 Å². The number of aromatic amines is 1. The molecule has 24 heavy (non-hydrogen) atoms. The van der Waals surface area contributed by atoms with Crippen LogP contribution in [0.3, 0.4) is 0 Å². The predicted octanol–water partition coefficient (Wildman–Crippen LogP) is 5.94. The summed E-state index contributed by atoms with van der Waals surface area (Å²) >= 11 is 6.83. The Kier molecular flexibility index (Phi) is 4.56. The lowest BCUT2D eigenvalue weighted by Gasteiger charge is -2.00. The maximum atomic E-state index is 12.2. The van der Waals surface area contributed by atoms with Gasteiger partial charge >= 0.3 is 0 Å². The molecule has 5 nitrogen and oxygen atoms in total. The van der Waals surface area contributed by atoms with Gasteiger partial charge < -0.3 is 10.1 Å². The number of carbonyl (C=O) groups excluding carboxylic acids is 1. The topological polar surface area (TPSA) is 77.8 Å². The van der Waals surface area contributed by atoms with Gasteiger partial charge in [-0.15, -0.1) is 10.2 Å². The van der Waals surface area contributed by atoms with Gasteiger partial charge in [0.15, 0.2) is 5.69 Å². The number of rotatable bonds is 2. The van der Waals surface area contributed by atoms with E-state index >= 15 is 0 Å². The molecule has 0 atom stereocenters. The first-order chi connectivity index (χ1) is 11.4. The SMILES string of the molecule is Cc1ccc(C(=O)N=Nc2c(O)[nH]c3cc(Br)c(C)cc23)cc1Br. The maximum Gasteiger partial charge on any atom is 0.295 e. The molecule has 0 saturated carbocycles. The van der Waals surface area contributed by atoms with Crippen LogP contribution in [0.15, 0.2) is 49.5 Å². The van der Waals surface area contributed by atoms with Crippen molar-refractivity contribution >= 4 is 54.4 Å². The van der Waals surface area contributed by atoms with Gasteiger partial charge in [-0.25, -0.2) is 0 Å². The van der Waals surface area contributed by atoms with E-state index in [2.05, 4.69) is 47.1 Å². The Hall–Kier alpha value is -1.99. The highest BCUT2D eigenvalue weighted by molar-refractivity contribution is 9.10. The lowest BCUT2D eigenvalue weighted by atomic mass is 10.1. The summed E-state index contributed by atoms with van der Waals surface area (Å²) < 4.78 is 1.75. The maximum absolute atomic E-state index is 12.2. The molecule has 1 heterocycles. The standard InChI is InChI=1S/C17H13Br2N3O2/c1-8-3-4-10(6-12(8)18)16(23)22-21-15-11-5-9(2)13(19)7-14(11)20-17(15)24/h3-7,20,24H,1-2H3. The van der Waals surface area contributed by atoms with Crippen LogP contribution < -0.4 is 0 Å². The monoisotopic (exact) mass is 449 g/mol. The fraction of sp³-hybridized carbons (Fsp3) is 0.118. The molecule has 0 bridgehead atoms. The number of H-pyrrole nitrogens is 1. The minimum atomic E-state index is -0.474. The molecular weight excluding hydrogens is 438 g/mol. The second kappa shape index (κ2) is 6.49. The van der Waals surface area contributed by atoms with E-state index in [4.69, 9.17) is 0 Å². The summed E-state index contributed by atoms with van der Waals surface area (Å²) in [6, 6.07) is 8.95. The van der Waals surface area contributed by atoms with Crippen LogP contribution in [0.1, 0.15) is 21.5 Å². The number of fused-ring (bicyclic) bond motifs is 1. The molecule has 0 aliphatic carbocycles. The molecule has 0 saturated heterocycles. The quantitative estimate of drug-likeness (QED) is 0.474. The Balaban J connectivity index is 1.98. The van der Waals surface area contributed by atoms with Crippen LogP contribution in [0, 0.1) is 13.8 Å². The minimum Gasteiger partial charge on any atom is -0.493 e. The molecule has 0 radical (unpaired) electrons. The number of hydrogen-bond acceptors (Lipinski definition) is 3. The Morgan fingerprint density at radius 1 is 1.08 bits per heavy atom. The van der Waals surface area contributed by atoms with Crippen LogP contribution in [-0.2, 0) is 0 Å². The normalized spacial score (nSPS) is 11.5. The summed E-state index contributed by atoms with van der Waals surface area (Å²) in [5, 5.41) is 18.4. The number of nitrogens with one attached hydrogen (secondary N) is 1. The molecule has 2 aromatic carbocycles. The van der Waals surface area contributed by atoms with Gasteiger partial charge in [0.2, 0.25) is 5.88 Å². The van der Waals surface area contributed by atoms with E-state index in [1.807, 2.05) is 32.0 Å². The number of hydrogen-bond donors (Lipinski definition) is 2. The summed E-state index contributed by atoms with van der Waals surface area (Å²) in [7, 11) is 0. The van der Waals surface area contributed by atoms with E-state index < -0.39 is 5.91 Å². The van der Waals surface area contributed by atoms with Gasteiger partial charge in [0.1, 0.15) is 0 Å². The van der Waals surface area contributed by atoms with E-state index in [1.165, 1.54) is 0 Å². The fourth-order valence-corrected chi connectivity index (χ4v) is 3.00. The summed E-state index contributed by atoms with van der Waals surface area (Å²) in [6.45, 7) is 3.87. The van der Waals surface area contributed by atoms with E-state index in [-0.39, 0.29) is 11.6 Å². The Labute approximate surface area is 155 Å². The highest BCUT2D eigenvalue weighted by atomic mass is 79.9. The second-order valence-corrected chi connectivity index (χ2v) is 7.15. The summed E-state index contributed by atoms with van der Waals surface area (Å²) in [5.74, 6) is -0.595. The summed E-state index contributed by atoms with van der Waals surface area (Å²) in [4.78, 5) is 15.0. The van der Waals surface area contributed by atoms with Crippen molar-refractivity contribution in [3.8, 4) is 5.88 Å². The zero-order chi connectivity index (χ0) is 17.4. The lowest BCUT2D eigenvalue weighted by Crippen LogP contribution is -1.94. The van der Waals surface area contributed by atoms with Crippen LogP contribution >= 0.6 is 31.9 Å². The van der Waals surface area contributed by atoms with Crippen molar-refractivity contribution in [3.63, 3.8) is 0 Å². The Morgan fingerprint density at radius 2 is 1.79 bits per heavy atom. The van der Waals surface area contributed by atoms with Crippen molar-refractivity contribution < 1.29 is 9.90 Å². The van der Waals surface area contributed by atoms with Gasteiger partial charge in [-0.05, 0) is 49.2 Å². The van der Waals surface area contributed by atoms with E-state index in [9.17, 15) is 9.90 Å². The van der Waals surface area contributed by atoms with Crippen LogP contribution in [0.2, 0.25) is 0 Å². The average molecular weight is 451 g/mol. The van der Waals surface area contributed by atoms with Crippen molar-refractivity contribution in [2.24, 2.45) is 10.2 Å². The number of aryl methyl sites for hydroxylation is 2. The molecule has 0 fully saturated rings. The minimum absolute atomic E-state index is 0.121. The molecule has 1 aromatic heterocycles. The fourth-order valence-electron chi connectivity index (χ4n) is 2.28. The van der Waals surface area contributed by atoms with E-state index in [0.717, 1.165) is 20.1 Å². The van der Waals surface area contributed by atoms with Crippen molar-refractivity contribution in [1.82, 2.24) is 4.98 Å². The number of amides is 1. The molecular formula is C17H13Br2N3O2. The first-order valence-electron chi connectivity index (χ1n) is 7.10. The molecule has 3 aromatic rings. The first-order valence-corrected chi connectivity index (χ1v) is 8.68. The average Bonchev–Trinajstić information content (AvgIpc) is 2.83. The zero-order valence-electron chi connectivity index (χ0n) is 12.9. The molecule has 3 rings (SSSR count). The van der Waals surface area contributed by atoms with Gasteiger partial charge in [-0.3, -0.25) is 4.79 Å². The van der Waals surface area contributed by atoms with Crippen LogP contribution in [-0.4, -0.2) is 16.0 Å². The lowest BCUT2D eigenvalue weighted by molar-refractivity contribution is 0.0995. The first kappa shape index (κ1) is 16.9. The van der Waals surface area contributed by atoms with E-state index in [0.29, 0.717) is 16.5 Å². The van der Waals surface area contributed by atoms with Gasteiger partial charge in [-0.2, -0.15) is 0 Å². The number of aromatic nitrogens is 1. The third-order valence-corrected chi connectivity index (χ3v) is 5.40. The molecule has 122 valence electrons. The van der Waals surface area contributed by atoms with Crippen molar-refractivity contribution in [2.45, 2.75) is 13.8 Å². The molecule has 2 N–H and O–H groups in total. The number of carbonyl (C=O) groups is 1. The third-order valence-electron chi connectivity index (χ3n) is 3.69. The zero-order valence-corrected chi connectivity index (χ0v) is 16.1. The Bertz CT molecular complexity index is 993. The second-order valence-electron chi connectivity index (χ2n) is 5.44. The largest absolute Gasteiger partial charge is 0.493 e. The van der Waals surface area contributed by atoms with Crippen molar-refractivity contribution in [1.29, 1.82) is 0 Å². The number of halogens is 2. The number of azo groups is 1. The van der Waals surface area contributed by atoms with Gasteiger partial charge in [-0.1, -0.05) is 37.9 Å². The highest BCUT2D eigenvalue weighted by Crippen LogP contribution is 2.38. The smallest absolute Gasteiger partial charge is 0.295 e. The van der Waals surface area contributed by atoms with Crippen LogP contribution in [0.5, 0.6) is 5.88 Å². The summed E-state index contributed by atoms with van der Waals surface area (Å²) in [5.41, 5.74) is 3.41. The number of nitrogens with zero attached hydrogens (tertiary/aromatic N) is 2. The van der Waals surface area contributed by atoms with Crippen molar-refractivity contribution in [3.05, 3.63) is 56.0 Å². The Morgan fingerprint density at radius 3 is 2.50 bits per heavy atom. The van der Waals surface area contributed by atoms with Crippen LogP contribution in [0.25, 0.3) is 10.9 Å². The number of aromatic hydroxyl groups is 1. The van der Waals surface area contributed by atoms with Crippen molar-refractivity contribution in [2.75, 3.05) is 0 Å². The molecule has 7 heteroatoms.